The van der Waals surface area contributed by atoms with Crippen molar-refractivity contribution in [1.29, 1.82) is 0 Å². The van der Waals surface area contributed by atoms with E-state index in [1.165, 1.54) is 16.4 Å². The second-order valence-electron chi connectivity index (χ2n) is 11.8. The van der Waals surface area contributed by atoms with Crippen LogP contribution in [0.3, 0.4) is 0 Å². The van der Waals surface area contributed by atoms with Gasteiger partial charge in [0.1, 0.15) is 12.6 Å². The Kier molecular flexibility index (Phi) is 11.3. The Balaban J connectivity index is 1.56. The molecule has 1 saturated carbocycles. The Morgan fingerprint density at radius 3 is 2.13 bits per heavy atom. The molecule has 0 radical (unpaired) electrons. The summed E-state index contributed by atoms with van der Waals surface area (Å²) in [5.41, 5.74) is 2.85. The molecule has 46 heavy (non-hydrogen) atoms. The highest BCUT2D eigenvalue weighted by molar-refractivity contribution is 9.10. The van der Waals surface area contributed by atoms with Crippen LogP contribution in [-0.4, -0.2) is 43.8 Å². The number of sulfonamides is 1. The van der Waals surface area contributed by atoms with E-state index in [2.05, 4.69) is 21.2 Å². The van der Waals surface area contributed by atoms with Crippen molar-refractivity contribution in [3.63, 3.8) is 0 Å². The van der Waals surface area contributed by atoms with E-state index in [0.717, 1.165) is 47.7 Å². The highest BCUT2D eigenvalue weighted by Gasteiger charge is 2.35. The summed E-state index contributed by atoms with van der Waals surface area (Å²) in [4.78, 5) is 30.5. The number of halogens is 1. The molecule has 4 aromatic carbocycles. The quantitative estimate of drug-likeness (QED) is 0.172. The van der Waals surface area contributed by atoms with Gasteiger partial charge in [-0.1, -0.05) is 114 Å². The largest absolute Gasteiger partial charge is 0.352 e. The molecule has 0 aliphatic heterocycles. The summed E-state index contributed by atoms with van der Waals surface area (Å²) in [6.45, 7) is 1.47. The number of para-hydroxylation sites is 1. The maximum absolute atomic E-state index is 14.7. The first kappa shape index (κ1) is 33.4. The van der Waals surface area contributed by atoms with Crippen molar-refractivity contribution >= 4 is 43.5 Å². The van der Waals surface area contributed by atoms with Crippen LogP contribution < -0.4 is 9.62 Å². The molecule has 1 aliphatic carbocycles. The molecule has 0 bridgehead atoms. The van der Waals surface area contributed by atoms with Crippen LogP contribution in [0.1, 0.15) is 48.8 Å². The van der Waals surface area contributed by atoms with Crippen molar-refractivity contribution in [2.24, 2.45) is 0 Å². The second kappa shape index (κ2) is 15.6. The summed E-state index contributed by atoms with van der Waals surface area (Å²) >= 11 is 3.54. The van der Waals surface area contributed by atoms with Crippen molar-refractivity contribution in [3.05, 3.63) is 130 Å². The van der Waals surface area contributed by atoms with Crippen LogP contribution in [0.15, 0.2) is 119 Å². The molecule has 9 heteroatoms. The highest BCUT2D eigenvalue weighted by Crippen LogP contribution is 2.28. The molecule has 4 aromatic rings. The Bertz CT molecular complexity index is 1730. The van der Waals surface area contributed by atoms with Gasteiger partial charge in [0.05, 0.1) is 10.6 Å². The van der Waals surface area contributed by atoms with Gasteiger partial charge in [-0.25, -0.2) is 8.42 Å². The zero-order valence-corrected chi connectivity index (χ0v) is 28.4. The summed E-state index contributed by atoms with van der Waals surface area (Å²) in [6, 6.07) is 31.7. The Morgan fingerprint density at radius 2 is 1.46 bits per heavy atom. The summed E-state index contributed by atoms with van der Waals surface area (Å²) in [5.74, 6) is -0.699. The first-order valence-electron chi connectivity index (χ1n) is 15.7. The molecule has 2 amide bonds. The van der Waals surface area contributed by atoms with Gasteiger partial charge in [0.15, 0.2) is 0 Å². The minimum atomic E-state index is -4.13. The van der Waals surface area contributed by atoms with Crippen molar-refractivity contribution in [2.45, 2.75) is 69.0 Å². The van der Waals surface area contributed by atoms with E-state index < -0.39 is 28.5 Å². The Labute approximate surface area is 280 Å². The summed E-state index contributed by atoms with van der Waals surface area (Å²) in [7, 11) is -4.13. The van der Waals surface area contributed by atoms with Crippen LogP contribution in [0.5, 0.6) is 0 Å². The van der Waals surface area contributed by atoms with Crippen LogP contribution in [-0.2, 0) is 32.6 Å². The van der Waals surface area contributed by atoms with E-state index in [9.17, 15) is 18.0 Å². The van der Waals surface area contributed by atoms with Crippen molar-refractivity contribution in [2.75, 3.05) is 10.8 Å². The molecule has 0 unspecified atom stereocenters. The lowest BCUT2D eigenvalue weighted by molar-refractivity contribution is -0.140. The lowest BCUT2D eigenvalue weighted by Crippen LogP contribution is -2.55. The number of nitrogens with zero attached hydrogens (tertiary/aromatic N) is 2. The highest BCUT2D eigenvalue weighted by atomic mass is 79.9. The standard InChI is InChI=1S/C37H40BrN3O4S/c1-28-14-11-12-23-34(28)41(46(44,45)33-21-9-4-10-22-33)27-36(42)40(26-30-17-13-18-31(38)24-30)35(25-29-15-5-2-6-16-29)37(43)39-32-19-7-3-8-20-32/h2,4-6,9-18,21-24,32,35H,3,7-8,19-20,25-27H2,1H3,(H,39,43)/t35-/m0/s1. The fourth-order valence-electron chi connectivity index (χ4n) is 6.01. The minimum Gasteiger partial charge on any atom is -0.352 e. The molecular weight excluding hydrogens is 662 g/mol. The number of aryl methyl sites for hydroxylation is 1. The first-order chi connectivity index (χ1) is 22.2. The van der Waals surface area contributed by atoms with Gasteiger partial charge in [0.2, 0.25) is 11.8 Å². The number of hydrogen-bond donors (Lipinski definition) is 1. The van der Waals surface area contributed by atoms with Crippen LogP contribution in [0.4, 0.5) is 5.69 Å². The van der Waals surface area contributed by atoms with E-state index >= 15 is 0 Å². The maximum Gasteiger partial charge on any atom is 0.264 e. The number of anilines is 1. The molecule has 1 N–H and O–H groups in total. The minimum absolute atomic E-state index is 0.0456. The molecule has 0 heterocycles. The summed E-state index contributed by atoms with van der Waals surface area (Å²) < 4.78 is 30.4. The number of nitrogens with one attached hydrogen (secondary N) is 1. The van der Waals surface area contributed by atoms with Crippen LogP contribution in [0.25, 0.3) is 0 Å². The van der Waals surface area contributed by atoms with Gasteiger partial charge < -0.3 is 10.2 Å². The molecule has 5 rings (SSSR count). The topological polar surface area (TPSA) is 86.8 Å². The number of carbonyl (C=O) groups is 2. The van der Waals surface area contributed by atoms with E-state index in [1.54, 1.807) is 35.2 Å². The molecule has 1 atom stereocenters. The van der Waals surface area contributed by atoms with Gasteiger partial charge in [-0.05, 0) is 66.8 Å². The van der Waals surface area contributed by atoms with E-state index in [0.29, 0.717) is 11.3 Å². The van der Waals surface area contributed by atoms with Crippen LogP contribution >= 0.6 is 15.9 Å². The normalized spacial score (nSPS) is 14.3. The van der Waals surface area contributed by atoms with Crippen molar-refractivity contribution < 1.29 is 18.0 Å². The first-order valence-corrected chi connectivity index (χ1v) is 18.0. The lowest BCUT2D eigenvalue weighted by Gasteiger charge is -2.35. The molecule has 1 aliphatic rings. The number of rotatable bonds is 12. The molecule has 1 fully saturated rings. The third-order valence-electron chi connectivity index (χ3n) is 8.46. The number of benzene rings is 4. The molecule has 0 aromatic heterocycles. The average molecular weight is 703 g/mol. The van der Waals surface area contributed by atoms with Gasteiger partial charge in [-0.3, -0.25) is 13.9 Å². The lowest BCUT2D eigenvalue weighted by atomic mass is 9.94. The monoisotopic (exact) mass is 701 g/mol. The smallest absolute Gasteiger partial charge is 0.264 e. The summed E-state index contributed by atoms with van der Waals surface area (Å²) in [5, 5.41) is 3.25. The Hall–Kier alpha value is -3.95. The average Bonchev–Trinajstić information content (AvgIpc) is 3.07. The van der Waals surface area contributed by atoms with Crippen LogP contribution in [0, 0.1) is 6.92 Å². The zero-order valence-electron chi connectivity index (χ0n) is 26.0. The number of carbonyl (C=O) groups excluding carboxylic acids is 2. The Morgan fingerprint density at radius 1 is 0.826 bits per heavy atom. The van der Waals surface area contributed by atoms with Gasteiger partial charge in [0, 0.05) is 23.5 Å². The van der Waals surface area contributed by atoms with E-state index in [-0.39, 0.29) is 29.8 Å². The second-order valence-corrected chi connectivity index (χ2v) is 14.6. The molecule has 240 valence electrons. The van der Waals surface area contributed by atoms with Crippen molar-refractivity contribution in [3.8, 4) is 0 Å². The van der Waals surface area contributed by atoms with Gasteiger partial charge in [0.25, 0.3) is 10.0 Å². The molecule has 7 nitrogen and oxygen atoms in total. The fourth-order valence-corrected chi connectivity index (χ4v) is 7.95. The maximum atomic E-state index is 14.7. The molecule has 0 spiro atoms. The third-order valence-corrected chi connectivity index (χ3v) is 10.7. The van der Waals surface area contributed by atoms with E-state index in [1.807, 2.05) is 73.7 Å². The van der Waals surface area contributed by atoms with Crippen molar-refractivity contribution in [1.82, 2.24) is 10.2 Å². The van der Waals surface area contributed by atoms with Gasteiger partial charge in [-0.15, -0.1) is 0 Å². The zero-order chi connectivity index (χ0) is 32.5. The number of hydrogen-bond acceptors (Lipinski definition) is 4. The number of amides is 2. The predicted molar refractivity (Wildman–Crippen MR) is 186 cm³/mol. The SMILES string of the molecule is Cc1ccccc1N(CC(=O)N(Cc1cccc(Br)c1)[C@@H](Cc1ccccc1)C(=O)NC1CCCCC1)S(=O)(=O)c1ccccc1. The molecular formula is C37H40BrN3O4S. The summed E-state index contributed by atoms with van der Waals surface area (Å²) in [6.07, 6.45) is 5.35. The van der Waals surface area contributed by atoms with Gasteiger partial charge in [-0.2, -0.15) is 0 Å². The predicted octanol–water partition coefficient (Wildman–Crippen LogP) is 7.04. The fraction of sp³-hybridized carbons (Fsp3) is 0.297. The molecule has 0 saturated heterocycles. The van der Waals surface area contributed by atoms with Crippen LogP contribution in [0.2, 0.25) is 0 Å². The van der Waals surface area contributed by atoms with E-state index in [4.69, 9.17) is 0 Å². The third kappa shape index (κ3) is 8.44. The van der Waals surface area contributed by atoms with Gasteiger partial charge >= 0.3 is 0 Å².